The van der Waals surface area contributed by atoms with Crippen molar-refractivity contribution < 1.29 is 14.3 Å². The van der Waals surface area contributed by atoms with Crippen molar-refractivity contribution >= 4 is 6.09 Å². The molecule has 0 aromatic carbocycles. The minimum atomic E-state index is -0.402. The average molecular weight is 338 g/mol. The Balaban J connectivity index is 1.45. The van der Waals surface area contributed by atoms with Gasteiger partial charge in [0, 0.05) is 38.9 Å². The van der Waals surface area contributed by atoms with Crippen molar-refractivity contribution in [3.63, 3.8) is 0 Å². The fourth-order valence-electron chi connectivity index (χ4n) is 4.59. The van der Waals surface area contributed by atoms with Gasteiger partial charge >= 0.3 is 6.09 Å². The summed E-state index contributed by atoms with van der Waals surface area (Å²) >= 11 is 0. The molecule has 0 radical (unpaired) electrons. The van der Waals surface area contributed by atoms with Crippen molar-refractivity contribution in [3.05, 3.63) is 0 Å². The molecule has 0 aromatic rings. The Hall–Kier alpha value is -0.810. The number of amides is 1. The summed E-state index contributed by atoms with van der Waals surface area (Å²) in [6.07, 6.45) is 4.73. The van der Waals surface area contributed by atoms with Crippen LogP contribution in [0.25, 0.3) is 0 Å². The van der Waals surface area contributed by atoms with Gasteiger partial charge in [-0.15, -0.1) is 0 Å². The minimum Gasteiger partial charge on any atom is -0.444 e. The molecule has 5 nitrogen and oxygen atoms in total. The highest BCUT2D eigenvalue weighted by molar-refractivity contribution is 5.68. The second kappa shape index (κ2) is 7.20. The summed E-state index contributed by atoms with van der Waals surface area (Å²) in [6.45, 7) is 10.6. The van der Waals surface area contributed by atoms with E-state index in [-0.39, 0.29) is 6.09 Å². The van der Waals surface area contributed by atoms with Crippen LogP contribution in [0.5, 0.6) is 0 Å². The predicted octanol–water partition coefficient (Wildman–Crippen LogP) is 2.99. The van der Waals surface area contributed by atoms with Crippen molar-refractivity contribution in [3.8, 4) is 0 Å². The molecule has 0 N–H and O–H groups in total. The van der Waals surface area contributed by atoms with E-state index in [4.69, 9.17) is 9.47 Å². The molecule has 2 heterocycles. The predicted molar refractivity (Wildman–Crippen MR) is 94.0 cm³/mol. The standard InChI is InChI=1S/C19H34N2O3/c1-19(2,3)24-18(22)21-12-15-9-17(10-16(15)13-21)20(4)11-14-5-7-23-8-6-14/h14-17H,5-13H2,1-4H3. The van der Waals surface area contributed by atoms with E-state index in [1.165, 1.54) is 32.2 Å². The van der Waals surface area contributed by atoms with Crippen LogP contribution in [-0.4, -0.2) is 67.4 Å². The van der Waals surface area contributed by atoms with Crippen molar-refractivity contribution in [1.29, 1.82) is 0 Å². The van der Waals surface area contributed by atoms with Gasteiger partial charge in [-0.05, 0) is 71.3 Å². The molecule has 3 rings (SSSR count). The molecule has 5 heteroatoms. The summed E-state index contributed by atoms with van der Waals surface area (Å²) in [7, 11) is 2.28. The van der Waals surface area contributed by atoms with Gasteiger partial charge in [0.2, 0.25) is 0 Å². The van der Waals surface area contributed by atoms with E-state index >= 15 is 0 Å². The van der Waals surface area contributed by atoms with E-state index in [9.17, 15) is 4.79 Å². The van der Waals surface area contributed by atoms with Crippen LogP contribution in [0.1, 0.15) is 46.5 Å². The Morgan fingerprint density at radius 2 is 1.75 bits per heavy atom. The molecule has 3 aliphatic rings. The van der Waals surface area contributed by atoms with Crippen LogP contribution >= 0.6 is 0 Å². The second-order valence-corrected chi connectivity index (χ2v) is 9.03. The van der Waals surface area contributed by atoms with Gasteiger partial charge in [0.1, 0.15) is 5.60 Å². The lowest BCUT2D eigenvalue weighted by Gasteiger charge is -2.32. The first kappa shape index (κ1) is 18.0. The lowest BCUT2D eigenvalue weighted by Crippen LogP contribution is -2.39. The van der Waals surface area contributed by atoms with Crippen LogP contribution in [0.3, 0.4) is 0 Å². The summed E-state index contributed by atoms with van der Waals surface area (Å²) in [5, 5.41) is 0. The fraction of sp³-hybridized carbons (Fsp3) is 0.947. The van der Waals surface area contributed by atoms with Crippen LogP contribution in [0.4, 0.5) is 4.79 Å². The highest BCUT2D eigenvalue weighted by Crippen LogP contribution is 2.40. The minimum absolute atomic E-state index is 0.135. The summed E-state index contributed by atoms with van der Waals surface area (Å²) in [6, 6.07) is 0.684. The van der Waals surface area contributed by atoms with Gasteiger partial charge in [-0.1, -0.05) is 0 Å². The Kier molecular flexibility index (Phi) is 5.40. The van der Waals surface area contributed by atoms with Gasteiger partial charge in [-0.2, -0.15) is 0 Å². The molecule has 0 bridgehead atoms. The Bertz CT molecular complexity index is 428. The molecule has 1 saturated carbocycles. The molecular weight excluding hydrogens is 304 g/mol. The summed E-state index contributed by atoms with van der Waals surface area (Å²) in [5.41, 5.74) is -0.402. The summed E-state index contributed by atoms with van der Waals surface area (Å²) in [4.78, 5) is 16.8. The van der Waals surface area contributed by atoms with Gasteiger partial charge in [0.25, 0.3) is 0 Å². The van der Waals surface area contributed by atoms with Crippen LogP contribution < -0.4 is 0 Å². The molecule has 24 heavy (non-hydrogen) atoms. The number of hydrogen-bond donors (Lipinski definition) is 0. The number of fused-ring (bicyclic) bond motifs is 1. The zero-order chi connectivity index (χ0) is 17.3. The quantitative estimate of drug-likeness (QED) is 0.793. The molecule has 0 aromatic heterocycles. The highest BCUT2D eigenvalue weighted by atomic mass is 16.6. The number of nitrogens with zero attached hydrogens (tertiary/aromatic N) is 2. The topological polar surface area (TPSA) is 42.0 Å². The number of likely N-dealkylation sites (tertiary alicyclic amines) is 1. The van der Waals surface area contributed by atoms with Gasteiger partial charge in [0.05, 0.1) is 0 Å². The third-order valence-corrected chi connectivity index (χ3v) is 5.89. The van der Waals surface area contributed by atoms with E-state index in [1.807, 2.05) is 25.7 Å². The SMILES string of the molecule is CN(CC1CCOCC1)C1CC2CN(C(=O)OC(C)(C)C)CC2C1. The molecule has 1 amide bonds. The molecule has 3 fully saturated rings. The molecule has 2 saturated heterocycles. The molecular formula is C19H34N2O3. The first-order chi connectivity index (χ1) is 11.3. The van der Waals surface area contributed by atoms with Crippen LogP contribution in [0.15, 0.2) is 0 Å². The van der Waals surface area contributed by atoms with Crippen LogP contribution in [0, 0.1) is 17.8 Å². The lowest BCUT2D eigenvalue weighted by atomic mass is 9.99. The summed E-state index contributed by atoms with van der Waals surface area (Å²) in [5.74, 6) is 2.10. The van der Waals surface area contributed by atoms with Crippen molar-refractivity contribution in [2.45, 2.75) is 58.1 Å². The largest absolute Gasteiger partial charge is 0.444 e. The highest BCUT2D eigenvalue weighted by Gasteiger charge is 2.44. The van der Waals surface area contributed by atoms with E-state index in [0.29, 0.717) is 17.9 Å². The van der Waals surface area contributed by atoms with Gasteiger partial charge < -0.3 is 19.3 Å². The van der Waals surface area contributed by atoms with Crippen LogP contribution in [-0.2, 0) is 9.47 Å². The zero-order valence-electron chi connectivity index (χ0n) is 15.8. The number of rotatable bonds is 3. The molecule has 2 unspecified atom stereocenters. The van der Waals surface area contributed by atoms with Crippen molar-refractivity contribution in [1.82, 2.24) is 9.80 Å². The van der Waals surface area contributed by atoms with E-state index in [2.05, 4.69) is 11.9 Å². The number of ether oxygens (including phenoxy) is 2. The zero-order valence-corrected chi connectivity index (χ0v) is 15.8. The maximum Gasteiger partial charge on any atom is 0.410 e. The van der Waals surface area contributed by atoms with Crippen LogP contribution in [0.2, 0.25) is 0 Å². The van der Waals surface area contributed by atoms with Gasteiger partial charge in [-0.3, -0.25) is 0 Å². The first-order valence-corrected chi connectivity index (χ1v) is 9.57. The number of carbonyl (C=O) groups excluding carboxylic acids is 1. The monoisotopic (exact) mass is 338 g/mol. The maximum atomic E-state index is 12.3. The third kappa shape index (κ3) is 4.42. The first-order valence-electron chi connectivity index (χ1n) is 9.57. The van der Waals surface area contributed by atoms with E-state index in [0.717, 1.165) is 32.2 Å². The number of carbonyl (C=O) groups is 1. The smallest absolute Gasteiger partial charge is 0.410 e. The van der Waals surface area contributed by atoms with Gasteiger partial charge in [-0.25, -0.2) is 4.79 Å². The summed E-state index contributed by atoms with van der Waals surface area (Å²) < 4.78 is 11.0. The second-order valence-electron chi connectivity index (χ2n) is 9.03. The number of hydrogen-bond acceptors (Lipinski definition) is 4. The molecule has 0 spiro atoms. The van der Waals surface area contributed by atoms with Gasteiger partial charge in [0.15, 0.2) is 0 Å². The van der Waals surface area contributed by atoms with Crippen molar-refractivity contribution in [2.24, 2.45) is 17.8 Å². The van der Waals surface area contributed by atoms with E-state index in [1.54, 1.807) is 0 Å². The molecule has 1 aliphatic carbocycles. The normalized spacial score (nSPS) is 31.5. The Morgan fingerprint density at radius 3 is 2.29 bits per heavy atom. The average Bonchev–Trinajstić information content (AvgIpc) is 3.05. The Labute approximate surface area is 146 Å². The third-order valence-electron chi connectivity index (χ3n) is 5.89. The Morgan fingerprint density at radius 1 is 1.17 bits per heavy atom. The van der Waals surface area contributed by atoms with E-state index < -0.39 is 5.60 Å². The van der Waals surface area contributed by atoms with Crippen molar-refractivity contribution in [2.75, 3.05) is 39.9 Å². The molecule has 138 valence electrons. The molecule has 2 atom stereocenters. The lowest BCUT2D eigenvalue weighted by molar-refractivity contribution is 0.0271. The maximum absolute atomic E-state index is 12.3. The fourth-order valence-corrected chi connectivity index (χ4v) is 4.59. The molecule has 2 aliphatic heterocycles.